The molecule has 0 aliphatic heterocycles. The monoisotopic (exact) mass is 488 g/mol. The summed E-state index contributed by atoms with van der Waals surface area (Å²) < 4.78 is 27.0. The molecule has 10 nitrogen and oxygen atoms in total. The molecule has 0 atom stereocenters. The molecule has 2 aromatic carbocycles. The van der Waals surface area contributed by atoms with Crippen molar-refractivity contribution in [2.75, 3.05) is 27.4 Å². The lowest BCUT2D eigenvalue weighted by molar-refractivity contribution is -0.114. The number of hydrogen-bond donors (Lipinski definition) is 3. The number of carbonyl (C=O) groups excluding carboxylic acids is 2. The van der Waals surface area contributed by atoms with Crippen LogP contribution < -0.4 is 15.4 Å². The van der Waals surface area contributed by atoms with Crippen molar-refractivity contribution in [3.8, 4) is 11.4 Å². The fourth-order valence-electron chi connectivity index (χ4n) is 2.96. The minimum absolute atomic E-state index is 0.142. The summed E-state index contributed by atoms with van der Waals surface area (Å²) in [5.41, 5.74) is 2.51. The first kappa shape index (κ1) is 24.3. The van der Waals surface area contributed by atoms with Crippen molar-refractivity contribution >= 4 is 50.7 Å². The number of rotatable bonds is 9. The minimum Gasteiger partial charge on any atom is -0.326 e. The summed E-state index contributed by atoms with van der Waals surface area (Å²) in [5, 5.41) is 14.5. The van der Waals surface area contributed by atoms with E-state index in [0.717, 1.165) is 11.8 Å². The van der Waals surface area contributed by atoms with Gasteiger partial charge in [0.25, 0.3) is 0 Å². The molecule has 0 bridgehead atoms. The summed E-state index contributed by atoms with van der Waals surface area (Å²) in [4.78, 5) is 23.4. The Morgan fingerprint density at radius 2 is 1.52 bits per heavy atom. The predicted octanol–water partition coefficient (Wildman–Crippen LogP) is 3.03. The first-order valence-corrected chi connectivity index (χ1v) is 12.8. The summed E-state index contributed by atoms with van der Waals surface area (Å²) in [6.07, 6.45) is 1.09. The molecule has 0 radical (unpaired) electrons. The van der Waals surface area contributed by atoms with Crippen molar-refractivity contribution in [3.05, 3.63) is 48.5 Å². The molecule has 33 heavy (non-hydrogen) atoms. The number of amides is 2. The molecule has 0 fully saturated rings. The highest BCUT2D eigenvalue weighted by Gasteiger charge is 2.15. The van der Waals surface area contributed by atoms with Crippen LogP contribution in [0.1, 0.15) is 13.8 Å². The van der Waals surface area contributed by atoms with E-state index in [0.29, 0.717) is 34.6 Å². The van der Waals surface area contributed by atoms with Crippen LogP contribution in [0.25, 0.3) is 11.4 Å². The summed E-state index contributed by atoms with van der Waals surface area (Å²) in [7, 11) is -3.35. The van der Waals surface area contributed by atoms with Crippen LogP contribution in [0.4, 0.5) is 17.1 Å². The molecule has 0 aliphatic rings. The first-order chi connectivity index (χ1) is 15.6. The average molecular weight is 489 g/mol. The molecule has 2 amide bonds. The van der Waals surface area contributed by atoms with E-state index in [2.05, 4.69) is 25.6 Å². The zero-order valence-electron chi connectivity index (χ0n) is 18.3. The van der Waals surface area contributed by atoms with E-state index in [-0.39, 0.29) is 17.6 Å². The fourth-order valence-corrected chi connectivity index (χ4v) is 4.33. The smallest absolute Gasteiger partial charge is 0.234 e. The van der Waals surface area contributed by atoms with Crippen molar-refractivity contribution in [1.82, 2.24) is 14.8 Å². The number of carbonyl (C=O) groups is 2. The Hall–Kier alpha value is -3.38. The molecule has 3 rings (SSSR count). The van der Waals surface area contributed by atoms with Crippen molar-refractivity contribution in [1.29, 1.82) is 0 Å². The van der Waals surface area contributed by atoms with Crippen LogP contribution in [-0.2, 0) is 26.2 Å². The number of aromatic nitrogens is 3. The third-order valence-electron chi connectivity index (χ3n) is 4.30. The summed E-state index contributed by atoms with van der Waals surface area (Å²) in [6.45, 7) is 3.98. The Morgan fingerprint density at radius 3 is 2.06 bits per heavy atom. The fraction of sp³-hybridized carbons (Fsp3) is 0.238. The molecule has 12 heteroatoms. The number of nitrogens with zero attached hydrogens (tertiary/aromatic N) is 3. The van der Waals surface area contributed by atoms with Gasteiger partial charge in [0.05, 0.1) is 12.0 Å². The van der Waals surface area contributed by atoms with E-state index >= 15 is 0 Å². The van der Waals surface area contributed by atoms with Crippen LogP contribution in [0.3, 0.4) is 0 Å². The van der Waals surface area contributed by atoms with E-state index in [4.69, 9.17) is 0 Å². The topological polar surface area (TPSA) is 135 Å². The van der Waals surface area contributed by atoms with E-state index in [9.17, 15) is 18.0 Å². The Balaban J connectivity index is 1.63. The highest BCUT2D eigenvalue weighted by atomic mass is 32.2. The second-order valence-corrected chi connectivity index (χ2v) is 9.79. The average Bonchev–Trinajstić information content (AvgIpc) is 3.15. The van der Waals surface area contributed by atoms with Crippen LogP contribution in [-0.4, -0.2) is 47.0 Å². The normalized spacial score (nSPS) is 11.1. The molecule has 0 saturated heterocycles. The van der Waals surface area contributed by atoms with Gasteiger partial charge in [0, 0.05) is 36.1 Å². The number of benzene rings is 2. The van der Waals surface area contributed by atoms with Gasteiger partial charge in [-0.1, -0.05) is 11.8 Å². The quantitative estimate of drug-likeness (QED) is 0.394. The van der Waals surface area contributed by atoms with Crippen molar-refractivity contribution in [2.24, 2.45) is 0 Å². The SMILES string of the molecule is CCn1c(SCC(=O)Nc2ccc(NC(C)=O)cc2)nnc1-c1ccc(NS(C)(=O)=O)cc1. The second kappa shape index (κ2) is 10.5. The van der Waals surface area contributed by atoms with Gasteiger partial charge in [0.2, 0.25) is 21.8 Å². The van der Waals surface area contributed by atoms with Crippen molar-refractivity contribution < 1.29 is 18.0 Å². The van der Waals surface area contributed by atoms with E-state index in [1.807, 2.05) is 11.5 Å². The van der Waals surface area contributed by atoms with Gasteiger partial charge in [-0.05, 0) is 55.5 Å². The number of hydrogen-bond acceptors (Lipinski definition) is 7. The Labute approximate surface area is 196 Å². The lowest BCUT2D eigenvalue weighted by Gasteiger charge is -2.09. The molecule has 174 valence electrons. The molecule has 0 unspecified atom stereocenters. The van der Waals surface area contributed by atoms with Crippen molar-refractivity contribution in [2.45, 2.75) is 25.5 Å². The highest BCUT2D eigenvalue weighted by molar-refractivity contribution is 7.99. The number of sulfonamides is 1. The molecule has 0 saturated carbocycles. The Morgan fingerprint density at radius 1 is 0.939 bits per heavy atom. The molecule has 3 aromatic rings. The maximum absolute atomic E-state index is 12.4. The third kappa shape index (κ3) is 7.05. The molecule has 1 heterocycles. The number of thioether (sulfide) groups is 1. The molecular formula is C21H24N6O4S2. The highest BCUT2D eigenvalue weighted by Crippen LogP contribution is 2.25. The van der Waals surface area contributed by atoms with Crippen LogP contribution in [0.15, 0.2) is 53.7 Å². The van der Waals surface area contributed by atoms with Gasteiger partial charge < -0.3 is 15.2 Å². The maximum atomic E-state index is 12.4. The molecule has 0 spiro atoms. The van der Waals surface area contributed by atoms with Gasteiger partial charge in [0.1, 0.15) is 0 Å². The van der Waals surface area contributed by atoms with Gasteiger partial charge in [-0.25, -0.2) is 8.42 Å². The first-order valence-electron chi connectivity index (χ1n) is 9.96. The second-order valence-electron chi connectivity index (χ2n) is 7.10. The molecule has 1 aromatic heterocycles. The van der Waals surface area contributed by atoms with Gasteiger partial charge in [0.15, 0.2) is 11.0 Å². The van der Waals surface area contributed by atoms with Gasteiger partial charge in [-0.2, -0.15) is 0 Å². The lowest BCUT2D eigenvalue weighted by Crippen LogP contribution is -2.14. The van der Waals surface area contributed by atoms with Crippen molar-refractivity contribution in [3.63, 3.8) is 0 Å². The van der Waals surface area contributed by atoms with Crippen LogP contribution in [0, 0.1) is 0 Å². The largest absolute Gasteiger partial charge is 0.326 e. The molecule has 3 N–H and O–H groups in total. The minimum atomic E-state index is -3.35. The van der Waals surface area contributed by atoms with Gasteiger partial charge >= 0.3 is 0 Å². The summed E-state index contributed by atoms with van der Waals surface area (Å²) in [6, 6.07) is 13.7. The van der Waals surface area contributed by atoms with E-state index in [1.54, 1.807) is 48.5 Å². The predicted molar refractivity (Wildman–Crippen MR) is 130 cm³/mol. The van der Waals surface area contributed by atoms with Gasteiger partial charge in [-0.3, -0.25) is 14.3 Å². The zero-order chi connectivity index (χ0) is 24.0. The maximum Gasteiger partial charge on any atom is 0.234 e. The summed E-state index contributed by atoms with van der Waals surface area (Å²) >= 11 is 1.27. The van der Waals surface area contributed by atoms with E-state index in [1.165, 1.54) is 18.7 Å². The summed E-state index contributed by atoms with van der Waals surface area (Å²) in [5.74, 6) is 0.405. The van der Waals surface area contributed by atoms with Crippen LogP contribution in [0.5, 0.6) is 0 Å². The lowest BCUT2D eigenvalue weighted by atomic mass is 10.2. The Bertz CT molecular complexity index is 1240. The van der Waals surface area contributed by atoms with E-state index < -0.39 is 10.0 Å². The molecular weight excluding hydrogens is 464 g/mol. The Kier molecular flexibility index (Phi) is 7.71. The number of nitrogens with one attached hydrogen (secondary N) is 3. The number of anilines is 3. The standard InChI is InChI=1S/C21H24N6O4S2/c1-4-27-20(15-5-7-18(8-6-15)26-33(3,30)31)24-25-21(27)32-13-19(29)23-17-11-9-16(10-12-17)22-14(2)28/h5-12,26H,4,13H2,1-3H3,(H,22,28)(H,23,29). The zero-order valence-corrected chi connectivity index (χ0v) is 20.0. The molecule has 0 aliphatic carbocycles. The van der Waals surface area contributed by atoms with Gasteiger partial charge in [-0.15, -0.1) is 10.2 Å². The third-order valence-corrected chi connectivity index (χ3v) is 5.87. The van der Waals surface area contributed by atoms with Crippen LogP contribution in [0.2, 0.25) is 0 Å². The van der Waals surface area contributed by atoms with Crippen LogP contribution >= 0.6 is 11.8 Å².